The summed E-state index contributed by atoms with van der Waals surface area (Å²) in [6.45, 7) is 6.94. The Labute approximate surface area is 153 Å². The van der Waals surface area contributed by atoms with Gasteiger partial charge in [0.1, 0.15) is 5.82 Å². The highest BCUT2D eigenvalue weighted by Gasteiger charge is 2.36. The first kappa shape index (κ1) is 18.6. The fraction of sp³-hybridized carbons (Fsp3) is 0.579. The van der Waals surface area contributed by atoms with E-state index in [2.05, 4.69) is 4.90 Å². The first-order valence-corrected chi connectivity index (χ1v) is 9.12. The van der Waals surface area contributed by atoms with Crippen molar-refractivity contribution >= 4 is 12.0 Å². The van der Waals surface area contributed by atoms with E-state index in [0.717, 1.165) is 30.6 Å². The SMILES string of the molecule is CC(=O)N1CCN([C@@H]2CCN(C(=O)O)[C@@H](c3ccc(F)cc3C)C2)CC1. The molecule has 2 atom stereocenters. The Kier molecular flexibility index (Phi) is 5.46. The molecule has 2 saturated heterocycles. The molecule has 3 rings (SSSR count). The monoisotopic (exact) mass is 363 g/mol. The lowest BCUT2D eigenvalue weighted by molar-refractivity contribution is -0.131. The Morgan fingerprint density at radius 2 is 1.85 bits per heavy atom. The molecule has 1 N–H and O–H groups in total. The average molecular weight is 363 g/mol. The molecule has 0 aromatic heterocycles. The molecular weight excluding hydrogens is 337 g/mol. The van der Waals surface area contributed by atoms with Crippen LogP contribution in [0.3, 0.4) is 0 Å². The number of carbonyl (C=O) groups excluding carboxylic acids is 1. The van der Waals surface area contributed by atoms with Crippen LogP contribution in [-0.2, 0) is 4.79 Å². The van der Waals surface area contributed by atoms with Crippen LogP contribution in [0, 0.1) is 12.7 Å². The van der Waals surface area contributed by atoms with Crippen LogP contribution in [0.1, 0.15) is 36.9 Å². The predicted octanol–water partition coefficient (Wildman–Crippen LogP) is 2.48. The maximum absolute atomic E-state index is 13.5. The van der Waals surface area contributed by atoms with Crippen molar-refractivity contribution in [1.29, 1.82) is 0 Å². The van der Waals surface area contributed by atoms with Gasteiger partial charge in [-0.05, 0) is 43.0 Å². The van der Waals surface area contributed by atoms with Gasteiger partial charge in [0, 0.05) is 45.7 Å². The van der Waals surface area contributed by atoms with Crippen LogP contribution in [0.4, 0.5) is 9.18 Å². The number of carboxylic acid groups (broad SMARTS) is 1. The number of halogens is 1. The molecule has 142 valence electrons. The minimum atomic E-state index is -0.932. The Balaban J connectivity index is 1.76. The van der Waals surface area contributed by atoms with E-state index in [1.807, 2.05) is 11.8 Å². The van der Waals surface area contributed by atoms with Crippen molar-refractivity contribution in [2.45, 2.75) is 38.8 Å². The normalized spacial score (nSPS) is 24.6. The molecule has 0 bridgehead atoms. The molecule has 0 aliphatic carbocycles. The average Bonchev–Trinajstić information content (AvgIpc) is 2.61. The summed E-state index contributed by atoms with van der Waals surface area (Å²) < 4.78 is 13.5. The fourth-order valence-electron chi connectivity index (χ4n) is 4.22. The van der Waals surface area contributed by atoms with Gasteiger partial charge in [-0.15, -0.1) is 0 Å². The first-order valence-electron chi connectivity index (χ1n) is 9.12. The molecule has 0 unspecified atom stereocenters. The number of amides is 2. The quantitative estimate of drug-likeness (QED) is 0.877. The van der Waals surface area contributed by atoms with Crippen molar-refractivity contribution in [3.8, 4) is 0 Å². The van der Waals surface area contributed by atoms with E-state index in [4.69, 9.17) is 0 Å². The second kappa shape index (κ2) is 7.61. The molecule has 1 aromatic carbocycles. The van der Waals surface area contributed by atoms with E-state index in [1.165, 1.54) is 17.0 Å². The molecule has 0 radical (unpaired) electrons. The zero-order chi connectivity index (χ0) is 18.8. The van der Waals surface area contributed by atoms with Crippen molar-refractivity contribution in [1.82, 2.24) is 14.7 Å². The first-order chi connectivity index (χ1) is 12.4. The fourth-order valence-corrected chi connectivity index (χ4v) is 4.22. The Morgan fingerprint density at radius 1 is 1.15 bits per heavy atom. The van der Waals surface area contributed by atoms with Crippen LogP contribution in [0.15, 0.2) is 18.2 Å². The second-order valence-corrected chi connectivity index (χ2v) is 7.21. The second-order valence-electron chi connectivity index (χ2n) is 7.21. The third kappa shape index (κ3) is 3.82. The molecule has 6 nitrogen and oxygen atoms in total. The number of nitrogens with zero attached hydrogens (tertiary/aromatic N) is 3. The third-order valence-electron chi connectivity index (χ3n) is 5.69. The van der Waals surface area contributed by atoms with Gasteiger partial charge in [0.05, 0.1) is 6.04 Å². The molecule has 7 heteroatoms. The van der Waals surface area contributed by atoms with E-state index >= 15 is 0 Å². The number of aryl methyl sites for hydroxylation is 1. The third-order valence-corrected chi connectivity index (χ3v) is 5.69. The molecule has 26 heavy (non-hydrogen) atoms. The highest BCUT2D eigenvalue weighted by molar-refractivity contribution is 5.73. The minimum absolute atomic E-state index is 0.102. The van der Waals surface area contributed by atoms with E-state index in [9.17, 15) is 19.1 Å². The lowest BCUT2D eigenvalue weighted by Crippen LogP contribution is -2.55. The summed E-state index contributed by atoms with van der Waals surface area (Å²) in [6.07, 6.45) is 0.542. The summed E-state index contributed by atoms with van der Waals surface area (Å²) >= 11 is 0. The van der Waals surface area contributed by atoms with Crippen LogP contribution in [0.5, 0.6) is 0 Å². The van der Waals surface area contributed by atoms with Gasteiger partial charge < -0.3 is 14.9 Å². The molecule has 2 aliphatic heterocycles. The number of piperidine rings is 1. The number of carbonyl (C=O) groups is 2. The standard InChI is InChI=1S/C19H26FN3O3/c1-13-11-15(20)3-4-17(13)18-12-16(5-6-23(18)19(25)26)22-9-7-21(8-10-22)14(2)24/h3-4,11,16,18H,5-10,12H2,1-2H3,(H,25,26)/t16-,18-/m1/s1. The van der Waals surface area contributed by atoms with Crippen molar-refractivity contribution in [3.63, 3.8) is 0 Å². The van der Waals surface area contributed by atoms with Crippen LogP contribution in [-0.4, -0.2) is 70.6 Å². The maximum Gasteiger partial charge on any atom is 0.407 e. The van der Waals surface area contributed by atoms with Crippen LogP contribution in [0.2, 0.25) is 0 Å². The van der Waals surface area contributed by atoms with Crippen molar-refractivity contribution in [3.05, 3.63) is 35.1 Å². The lowest BCUT2D eigenvalue weighted by Gasteiger charge is -2.45. The van der Waals surface area contributed by atoms with E-state index in [0.29, 0.717) is 26.1 Å². The molecule has 1 aromatic rings. The molecule has 2 aliphatic rings. The molecule has 0 saturated carbocycles. The summed E-state index contributed by atoms with van der Waals surface area (Å²) in [5.74, 6) is -0.203. The van der Waals surface area contributed by atoms with Crippen LogP contribution < -0.4 is 0 Å². The van der Waals surface area contributed by atoms with E-state index < -0.39 is 6.09 Å². The van der Waals surface area contributed by atoms with Crippen molar-refractivity contribution in [2.75, 3.05) is 32.7 Å². The van der Waals surface area contributed by atoms with Gasteiger partial charge in [-0.25, -0.2) is 9.18 Å². The smallest absolute Gasteiger partial charge is 0.407 e. The number of benzene rings is 1. The highest BCUT2D eigenvalue weighted by Crippen LogP contribution is 2.35. The van der Waals surface area contributed by atoms with E-state index in [-0.39, 0.29) is 23.8 Å². The summed E-state index contributed by atoms with van der Waals surface area (Å²) in [5.41, 5.74) is 1.66. The number of hydrogen-bond donors (Lipinski definition) is 1. The number of hydrogen-bond acceptors (Lipinski definition) is 3. The lowest BCUT2D eigenvalue weighted by atomic mass is 9.88. The molecular formula is C19H26FN3O3. The summed E-state index contributed by atoms with van der Waals surface area (Å²) in [5, 5.41) is 9.60. The summed E-state index contributed by atoms with van der Waals surface area (Å²) in [6, 6.07) is 4.58. The number of likely N-dealkylation sites (tertiary alicyclic amines) is 1. The minimum Gasteiger partial charge on any atom is -0.465 e. The largest absolute Gasteiger partial charge is 0.465 e. The van der Waals surface area contributed by atoms with Gasteiger partial charge in [0.2, 0.25) is 5.91 Å². The van der Waals surface area contributed by atoms with Crippen molar-refractivity contribution in [2.24, 2.45) is 0 Å². The van der Waals surface area contributed by atoms with Gasteiger partial charge >= 0.3 is 6.09 Å². The Hall–Kier alpha value is -2.15. The zero-order valence-corrected chi connectivity index (χ0v) is 15.3. The van der Waals surface area contributed by atoms with Gasteiger partial charge in [0.25, 0.3) is 0 Å². The summed E-state index contributed by atoms with van der Waals surface area (Å²) in [7, 11) is 0. The van der Waals surface area contributed by atoms with Gasteiger partial charge in [-0.2, -0.15) is 0 Å². The molecule has 2 amide bonds. The van der Waals surface area contributed by atoms with Crippen LogP contribution in [0.25, 0.3) is 0 Å². The Morgan fingerprint density at radius 3 is 2.42 bits per heavy atom. The van der Waals surface area contributed by atoms with Crippen molar-refractivity contribution < 1.29 is 19.1 Å². The summed E-state index contributed by atoms with van der Waals surface area (Å²) in [4.78, 5) is 28.9. The molecule has 0 spiro atoms. The topological polar surface area (TPSA) is 64.1 Å². The van der Waals surface area contributed by atoms with Gasteiger partial charge in [-0.1, -0.05) is 6.07 Å². The Bertz CT molecular complexity index is 689. The van der Waals surface area contributed by atoms with Crippen LogP contribution >= 0.6 is 0 Å². The highest BCUT2D eigenvalue weighted by atomic mass is 19.1. The molecule has 2 heterocycles. The van der Waals surface area contributed by atoms with Gasteiger partial charge in [-0.3, -0.25) is 9.69 Å². The molecule has 2 fully saturated rings. The number of rotatable bonds is 2. The van der Waals surface area contributed by atoms with E-state index in [1.54, 1.807) is 13.0 Å². The maximum atomic E-state index is 13.5. The predicted molar refractivity (Wildman–Crippen MR) is 95.5 cm³/mol. The van der Waals surface area contributed by atoms with Gasteiger partial charge in [0.15, 0.2) is 0 Å². The zero-order valence-electron chi connectivity index (χ0n) is 15.3. The number of piperazine rings is 1.